The molecule has 2 heterocycles. The number of rotatable bonds is 6. The number of alkyl halides is 6. The fourth-order valence-electron chi connectivity index (χ4n) is 4.53. The van der Waals surface area contributed by atoms with Gasteiger partial charge in [-0.2, -0.15) is 52.4 Å². The molecule has 2 atom stereocenters. The number of nitrogens with zero attached hydrogens (tertiary/aromatic N) is 3. The van der Waals surface area contributed by atoms with Crippen molar-refractivity contribution in [2.75, 3.05) is 6.54 Å². The topological polar surface area (TPSA) is 116 Å². The highest BCUT2D eigenvalue weighted by atomic mass is 35.5. The second-order valence-corrected chi connectivity index (χ2v) is 13.0. The molecule has 0 radical (unpaired) electrons. The Bertz CT molecular complexity index is 1500. The predicted octanol–water partition coefficient (Wildman–Crippen LogP) is 4.58. The van der Waals surface area contributed by atoms with Crippen LogP contribution in [0.5, 0.6) is 5.75 Å². The molecule has 0 saturated carbocycles. The van der Waals surface area contributed by atoms with E-state index in [9.17, 15) is 48.0 Å². The van der Waals surface area contributed by atoms with Gasteiger partial charge < -0.3 is 9.08 Å². The van der Waals surface area contributed by atoms with Crippen molar-refractivity contribution in [3.8, 4) is 5.75 Å². The van der Waals surface area contributed by atoms with Crippen LogP contribution in [0.25, 0.3) is 0 Å². The molecule has 1 aromatic carbocycles. The van der Waals surface area contributed by atoms with Crippen LogP contribution >= 0.6 is 23.2 Å². The highest BCUT2D eigenvalue weighted by molar-refractivity contribution is 7.90. The summed E-state index contributed by atoms with van der Waals surface area (Å²) in [6.45, 7) is 0.159. The summed E-state index contributed by atoms with van der Waals surface area (Å²) in [6, 6.07) is 0.847. The number of hydrogen-bond acceptors (Lipinski definition) is 7. The summed E-state index contributed by atoms with van der Waals surface area (Å²) in [4.78, 5) is 14.6. The molecule has 0 N–H and O–H groups in total. The highest BCUT2D eigenvalue weighted by Crippen LogP contribution is 2.41. The summed E-state index contributed by atoms with van der Waals surface area (Å²) in [5, 5.41) is 3.17. The largest absolute Gasteiger partial charge is 0.534 e. The monoisotopic (exact) mass is 643 g/mol. The van der Waals surface area contributed by atoms with E-state index in [1.54, 1.807) is 0 Å². The Labute approximate surface area is 227 Å². The van der Waals surface area contributed by atoms with Gasteiger partial charge in [-0.05, 0) is 43.2 Å². The molecule has 4 rings (SSSR count). The number of benzene rings is 1. The van der Waals surface area contributed by atoms with Crippen LogP contribution in [0.1, 0.15) is 42.1 Å². The lowest BCUT2D eigenvalue weighted by atomic mass is 9.92. The first kappa shape index (κ1) is 29.7. The van der Waals surface area contributed by atoms with Crippen LogP contribution in [0.4, 0.5) is 26.3 Å². The van der Waals surface area contributed by atoms with Gasteiger partial charge in [0.1, 0.15) is 5.75 Å². The highest BCUT2D eigenvalue weighted by Gasteiger charge is 2.50. The van der Waals surface area contributed by atoms with Crippen molar-refractivity contribution < 1.29 is 52.2 Å². The van der Waals surface area contributed by atoms with Crippen LogP contribution in [0.2, 0.25) is 10.0 Å². The van der Waals surface area contributed by atoms with Crippen LogP contribution in [0.3, 0.4) is 0 Å². The lowest BCUT2D eigenvalue weighted by Crippen LogP contribution is -2.35. The molecule has 1 fully saturated rings. The SMILES string of the molecule is O=C1[C@H](Cc2c(Cl)cc(OS(=O)(=O)C(F)(F)F)cc2Cl)CCN1C1CCCc2cn(S(=O)(=O)C(F)(F)F)nc21. The van der Waals surface area contributed by atoms with Gasteiger partial charge in [-0.1, -0.05) is 23.2 Å². The Morgan fingerprint density at radius 2 is 1.62 bits per heavy atom. The summed E-state index contributed by atoms with van der Waals surface area (Å²) in [5.74, 6) is -1.96. The fourth-order valence-corrected chi connectivity index (χ4v) is 6.27. The van der Waals surface area contributed by atoms with Crippen LogP contribution in [0, 0.1) is 5.92 Å². The molecule has 216 valence electrons. The number of halogens is 8. The van der Waals surface area contributed by atoms with Gasteiger partial charge in [0, 0.05) is 40.8 Å². The smallest absolute Gasteiger partial charge is 0.376 e. The molecule has 9 nitrogen and oxygen atoms in total. The molecule has 0 spiro atoms. The summed E-state index contributed by atoms with van der Waals surface area (Å²) >= 11 is 12.2. The zero-order valence-electron chi connectivity index (χ0n) is 19.3. The van der Waals surface area contributed by atoms with Gasteiger partial charge in [0.05, 0.1) is 11.7 Å². The fraction of sp³-hybridized carbons (Fsp3) is 0.500. The molecule has 1 aliphatic carbocycles. The molecule has 19 heteroatoms. The standard InChI is InChI=1S/C20H17Cl2F6N3O6S2/c21-14-7-12(37-39(35,36)20(26,27)28)8-15(22)13(14)6-10-4-5-30(18(10)32)16-3-1-2-11-9-31(29-17(11)16)38(33,34)19(23,24)25/h7-10,16H,1-6H2/t10-,16?/m0/s1. The second-order valence-electron chi connectivity index (χ2n) is 8.84. The second kappa shape index (κ2) is 9.99. The Morgan fingerprint density at radius 1 is 1.00 bits per heavy atom. The van der Waals surface area contributed by atoms with Crippen LogP contribution in [0.15, 0.2) is 18.3 Å². The van der Waals surface area contributed by atoms with Gasteiger partial charge in [-0.3, -0.25) is 4.79 Å². The maximum atomic E-state index is 13.2. The van der Waals surface area contributed by atoms with E-state index in [1.165, 1.54) is 4.90 Å². The first-order valence-electron chi connectivity index (χ1n) is 11.0. The van der Waals surface area contributed by atoms with E-state index < -0.39 is 54.8 Å². The zero-order chi connectivity index (χ0) is 29.1. The Morgan fingerprint density at radius 3 is 2.18 bits per heavy atom. The first-order chi connectivity index (χ1) is 17.8. The number of likely N-dealkylation sites (tertiary alicyclic amines) is 1. The molecule has 1 aromatic heterocycles. The lowest BCUT2D eigenvalue weighted by Gasteiger charge is -2.30. The summed E-state index contributed by atoms with van der Waals surface area (Å²) in [5.41, 5.74) is -10.8. The minimum atomic E-state index is -5.97. The van der Waals surface area contributed by atoms with Crippen molar-refractivity contribution in [3.05, 3.63) is 45.2 Å². The van der Waals surface area contributed by atoms with E-state index in [0.29, 0.717) is 12.8 Å². The van der Waals surface area contributed by atoms with Crippen molar-refractivity contribution in [3.63, 3.8) is 0 Å². The number of carbonyl (C=O) groups is 1. The quantitative estimate of drug-likeness (QED) is 0.257. The van der Waals surface area contributed by atoms with Crippen LogP contribution in [-0.2, 0) is 37.8 Å². The minimum absolute atomic E-state index is 0.0477. The van der Waals surface area contributed by atoms with Crippen LogP contribution < -0.4 is 4.18 Å². The number of hydrogen-bond donors (Lipinski definition) is 0. The molecule has 2 aromatic rings. The Hall–Kier alpha value is -2.24. The lowest BCUT2D eigenvalue weighted by molar-refractivity contribution is -0.133. The number of aryl methyl sites for hydroxylation is 1. The van der Waals surface area contributed by atoms with E-state index in [4.69, 9.17) is 23.2 Å². The third-order valence-corrected chi connectivity index (χ3v) is 9.28. The van der Waals surface area contributed by atoms with E-state index >= 15 is 0 Å². The molecule has 1 saturated heterocycles. The summed E-state index contributed by atoms with van der Waals surface area (Å²) in [7, 11) is -11.7. The normalized spacial score (nSPS) is 20.8. The molecular weight excluding hydrogens is 627 g/mol. The summed E-state index contributed by atoms with van der Waals surface area (Å²) in [6.07, 6.45) is 2.02. The third-order valence-electron chi connectivity index (χ3n) is 6.36. The van der Waals surface area contributed by atoms with E-state index in [-0.39, 0.29) is 56.8 Å². The molecule has 0 bridgehead atoms. The maximum absolute atomic E-state index is 13.2. The average molecular weight is 644 g/mol. The Balaban J connectivity index is 1.54. The van der Waals surface area contributed by atoms with E-state index in [0.717, 1.165) is 18.3 Å². The molecule has 1 unspecified atom stereocenters. The van der Waals surface area contributed by atoms with Gasteiger partial charge in [0.25, 0.3) is 0 Å². The molecule has 1 amide bonds. The molecular formula is C20H17Cl2F6N3O6S2. The van der Waals surface area contributed by atoms with Gasteiger partial charge >= 0.3 is 31.2 Å². The number of amides is 1. The number of fused-ring (bicyclic) bond motifs is 1. The molecule has 2 aliphatic rings. The van der Waals surface area contributed by atoms with Crippen molar-refractivity contribution in [1.82, 2.24) is 14.1 Å². The summed E-state index contributed by atoms with van der Waals surface area (Å²) < 4.78 is 127. The average Bonchev–Trinajstić information content (AvgIpc) is 3.38. The van der Waals surface area contributed by atoms with Gasteiger partial charge in [0.2, 0.25) is 5.91 Å². The van der Waals surface area contributed by atoms with Crippen molar-refractivity contribution >= 4 is 49.3 Å². The minimum Gasteiger partial charge on any atom is -0.376 e. The van der Waals surface area contributed by atoms with Gasteiger partial charge in [-0.15, -0.1) is 0 Å². The van der Waals surface area contributed by atoms with E-state index in [1.807, 2.05) is 0 Å². The van der Waals surface area contributed by atoms with Crippen molar-refractivity contribution in [1.29, 1.82) is 0 Å². The van der Waals surface area contributed by atoms with Crippen molar-refractivity contribution in [2.45, 2.75) is 49.2 Å². The molecule has 1 aliphatic heterocycles. The Kier molecular flexibility index (Phi) is 7.62. The first-order valence-corrected chi connectivity index (χ1v) is 14.6. The zero-order valence-corrected chi connectivity index (χ0v) is 22.4. The third kappa shape index (κ3) is 5.54. The number of aromatic nitrogens is 2. The van der Waals surface area contributed by atoms with Gasteiger partial charge in [-0.25, -0.2) is 0 Å². The number of carbonyl (C=O) groups excluding carboxylic acids is 1. The van der Waals surface area contributed by atoms with Crippen molar-refractivity contribution in [2.24, 2.45) is 5.92 Å². The van der Waals surface area contributed by atoms with Gasteiger partial charge in [0.15, 0.2) is 0 Å². The van der Waals surface area contributed by atoms with Crippen LogP contribution in [-0.4, -0.2) is 54.4 Å². The maximum Gasteiger partial charge on any atom is 0.534 e. The van der Waals surface area contributed by atoms with E-state index in [2.05, 4.69) is 9.28 Å². The predicted molar refractivity (Wildman–Crippen MR) is 124 cm³/mol. The molecule has 39 heavy (non-hydrogen) atoms.